The highest BCUT2D eigenvalue weighted by atomic mass is 32.2. The van der Waals surface area contributed by atoms with Crippen LogP contribution in [0.3, 0.4) is 0 Å². The molecule has 2 aromatic carbocycles. The number of aryl methyl sites for hydroxylation is 2. The zero-order valence-corrected chi connectivity index (χ0v) is 24.1. The molecule has 11 heteroatoms. The molecule has 0 bridgehead atoms. The number of fused-ring (bicyclic) bond motifs is 3. The summed E-state index contributed by atoms with van der Waals surface area (Å²) in [5, 5.41) is 3.00. The zero-order valence-electron chi connectivity index (χ0n) is 23.3. The highest BCUT2D eigenvalue weighted by molar-refractivity contribution is 7.84. The Morgan fingerprint density at radius 3 is 2.67 bits per heavy atom. The summed E-state index contributed by atoms with van der Waals surface area (Å²) in [5.41, 5.74) is 8.57. The van der Waals surface area contributed by atoms with Gasteiger partial charge in [0, 0.05) is 31.6 Å². The van der Waals surface area contributed by atoms with Crippen molar-refractivity contribution >= 4 is 38.9 Å². The summed E-state index contributed by atoms with van der Waals surface area (Å²) < 4.78 is 49.4. The van der Waals surface area contributed by atoms with Gasteiger partial charge in [-0.1, -0.05) is 12.1 Å². The SMILES string of the molecule is CC(=Cc1oc2ccc(C)cc2[n+]1CS(=O)(=O)[O-])C=C1Oc2ccc(C)cc2[N+]12CCCCC2C(=O)NC(C)[NH3+]. The number of aromatic nitrogens is 1. The van der Waals surface area contributed by atoms with Crippen LogP contribution in [0.25, 0.3) is 17.2 Å². The van der Waals surface area contributed by atoms with E-state index >= 15 is 0 Å². The summed E-state index contributed by atoms with van der Waals surface area (Å²) in [6.45, 7) is 8.30. The fraction of sp³-hybridized carbons (Fsp3) is 0.379. The lowest BCUT2D eigenvalue weighted by molar-refractivity contribution is -0.658. The molecular formula is C29H36N4O6S+2. The summed E-state index contributed by atoms with van der Waals surface area (Å²) >= 11 is 0. The van der Waals surface area contributed by atoms with Crippen molar-refractivity contribution < 1.29 is 37.2 Å². The van der Waals surface area contributed by atoms with Crippen LogP contribution in [0.4, 0.5) is 5.69 Å². The van der Waals surface area contributed by atoms with E-state index < -0.39 is 22.0 Å². The lowest BCUT2D eigenvalue weighted by atomic mass is 9.95. The lowest BCUT2D eigenvalue weighted by Crippen LogP contribution is -2.71. The van der Waals surface area contributed by atoms with Gasteiger partial charge in [0.25, 0.3) is 11.4 Å². The quantitative estimate of drug-likeness (QED) is 0.203. The van der Waals surface area contributed by atoms with E-state index in [1.807, 2.05) is 52.0 Å². The fourth-order valence-electron chi connectivity index (χ4n) is 5.82. The Hall–Kier alpha value is -3.51. The molecule has 2 aliphatic heterocycles. The van der Waals surface area contributed by atoms with E-state index in [-0.39, 0.29) is 22.4 Å². The molecule has 40 heavy (non-hydrogen) atoms. The molecule has 0 saturated carbocycles. The molecule has 1 spiro atoms. The molecular weight excluding hydrogens is 532 g/mol. The fourth-order valence-corrected chi connectivity index (χ4v) is 6.40. The first-order valence-electron chi connectivity index (χ1n) is 13.4. The Kier molecular flexibility index (Phi) is 7.34. The van der Waals surface area contributed by atoms with Crippen LogP contribution in [0.1, 0.15) is 50.1 Å². The summed E-state index contributed by atoms with van der Waals surface area (Å²) in [6, 6.07) is 11.0. The Morgan fingerprint density at radius 1 is 1.23 bits per heavy atom. The molecule has 1 saturated heterocycles. The van der Waals surface area contributed by atoms with Crippen LogP contribution in [0, 0.1) is 13.8 Å². The Morgan fingerprint density at radius 2 is 1.95 bits per heavy atom. The third kappa shape index (κ3) is 5.29. The van der Waals surface area contributed by atoms with Crippen LogP contribution in [-0.2, 0) is 20.8 Å². The number of hydrogen-bond donors (Lipinski definition) is 2. The van der Waals surface area contributed by atoms with Crippen molar-refractivity contribution in [1.29, 1.82) is 0 Å². The van der Waals surface area contributed by atoms with Gasteiger partial charge in [0.05, 0.1) is 12.6 Å². The van der Waals surface area contributed by atoms with Gasteiger partial charge in [0.2, 0.25) is 11.5 Å². The summed E-state index contributed by atoms with van der Waals surface area (Å²) in [4.78, 5) is 13.5. The van der Waals surface area contributed by atoms with E-state index in [1.54, 1.807) is 18.2 Å². The average Bonchev–Trinajstić information content (AvgIpc) is 3.32. The molecule has 1 aromatic heterocycles. The second kappa shape index (κ2) is 10.5. The third-order valence-electron chi connectivity index (χ3n) is 7.49. The van der Waals surface area contributed by atoms with Gasteiger partial charge in [-0.05, 0) is 62.4 Å². The number of rotatable bonds is 6. The van der Waals surface area contributed by atoms with E-state index in [4.69, 9.17) is 9.15 Å². The van der Waals surface area contributed by atoms with Crippen LogP contribution in [0.15, 0.2) is 58.3 Å². The van der Waals surface area contributed by atoms with Crippen molar-refractivity contribution in [3.63, 3.8) is 0 Å². The number of carbonyl (C=O) groups is 1. The Labute approximate surface area is 234 Å². The highest BCUT2D eigenvalue weighted by Gasteiger charge is 2.55. The van der Waals surface area contributed by atoms with Crippen molar-refractivity contribution in [3.05, 3.63) is 70.9 Å². The Balaban J connectivity index is 1.64. The van der Waals surface area contributed by atoms with Gasteiger partial charge < -0.3 is 24.8 Å². The van der Waals surface area contributed by atoms with E-state index in [2.05, 4.69) is 17.1 Å². The number of quaternary nitrogens is 2. The molecule has 10 nitrogen and oxygen atoms in total. The van der Waals surface area contributed by atoms with E-state index in [0.29, 0.717) is 41.3 Å². The van der Waals surface area contributed by atoms with Crippen molar-refractivity contribution in [2.45, 2.75) is 65.0 Å². The maximum absolute atomic E-state index is 13.5. The highest BCUT2D eigenvalue weighted by Crippen LogP contribution is 2.50. The minimum atomic E-state index is -4.59. The van der Waals surface area contributed by atoms with Crippen LogP contribution >= 0.6 is 0 Å². The number of allylic oxidation sites excluding steroid dienone is 2. The normalized spacial score (nSPS) is 22.9. The molecule has 5 rings (SSSR count). The van der Waals surface area contributed by atoms with Crippen molar-refractivity contribution in [2.24, 2.45) is 0 Å². The lowest BCUT2D eigenvalue weighted by Gasteiger charge is -2.41. The topological polar surface area (TPSA) is 140 Å². The predicted octanol–water partition coefficient (Wildman–Crippen LogP) is 2.74. The first-order valence-corrected chi connectivity index (χ1v) is 15.0. The first-order chi connectivity index (χ1) is 18.9. The molecule has 212 valence electrons. The second-order valence-corrected chi connectivity index (χ2v) is 12.4. The van der Waals surface area contributed by atoms with Gasteiger partial charge in [0.1, 0.15) is 0 Å². The van der Waals surface area contributed by atoms with Gasteiger partial charge in [-0.25, -0.2) is 12.9 Å². The van der Waals surface area contributed by atoms with E-state index in [1.165, 1.54) is 4.57 Å². The Bertz CT molecular complexity index is 1660. The number of nitrogens with zero attached hydrogens (tertiary/aromatic N) is 2. The number of nitrogens with one attached hydrogen (secondary N) is 1. The first kappa shape index (κ1) is 28.0. The maximum atomic E-state index is 13.5. The molecule has 3 aromatic rings. The van der Waals surface area contributed by atoms with Gasteiger partial charge in [-0.15, -0.1) is 4.57 Å². The van der Waals surface area contributed by atoms with Crippen molar-refractivity contribution in [2.75, 3.05) is 6.54 Å². The van der Waals surface area contributed by atoms with E-state index in [0.717, 1.165) is 29.7 Å². The molecule has 3 atom stereocenters. The standard InChI is InChI=1S/C29H34N4O6S/c1-18-8-10-25-22(13-18)32(17-40(35,36)37)27(38-25)15-20(3)16-28-33(24-14-19(2)9-11-26(24)39-28)12-6-5-7-23(33)29(34)31-21(4)30/h8-11,13-16,21,23H,5-7,12,17,30H2,1-4H3/p+2. The molecule has 3 unspecified atom stereocenters. The summed E-state index contributed by atoms with van der Waals surface area (Å²) in [6.07, 6.45) is 5.87. The van der Waals surface area contributed by atoms with Gasteiger partial charge in [-0.2, -0.15) is 0 Å². The largest absolute Gasteiger partial charge is 0.743 e. The molecule has 0 aliphatic carbocycles. The maximum Gasteiger partial charge on any atom is 0.375 e. The smallest absolute Gasteiger partial charge is 0.375 e. The number of hydrogen-bond acceptors (Lipinski definition) is 6. The number of oxazole rings is 1. The van der Waals surface area contributed by atoms with Gasteiger partial charge in [-0.3, -0.25) is 4.79 Å². The monoisotopic (exact) mass is 568 g/mol. The number of piperidine rings is 1. The predicted molar refractivity (Wildman–Crippen MR) is 149 cm³/mol. The van der Waals surface area contributed by atoms with Gasteiger partial charge in [0.15, 0.2) is 33.8 Å². The van der Waals surface area contributed by atoms with Gasteiger partial charge >= 0.3 is 11.8 Å². The van der Waals surface area contributed by atoms with Crippen LogP contribution in [-0.4, -0.2) is 37.6 Å². The molecule has 4 N–H and O–H groups in total. The minimum Gasteiger partial charge on any atom is -0.743 e. The summed E-state index contributed by atoms with van der Waals surface area (Å²) in [5.74, 6) is 0.718. The number of benzene rings is 2. The van der Waals surface area contributed by atoms with Crippen LogP contribution in [0.5, 0.6) is 5.75 Å². The average molecular weight is 569 g/mol. The second-order valence-electron chi connectivity index (χ2n) is 11.0. The molecule has 3 heterocycles. The zero-order chi connectivity index (χ0) is 28.8. The van der Waals surface area contributed by atoms with Crippen LogP contribution < -0.4 is 24.8 Å². The van der Waals surface area contributed by atoms with Crippen LogP contribution in [0.2, 0.25) is 0 Å². The van der Waals surface area contributed by atoms with Crippen molar-refractivity contribution in [1.82, 2.24) is 9.80 Å². The molecule has 1 amide bonds. The molecule has 2 aliphatic rings. The van der Waals surface area contributed by atoms with Crippen molar-refractivity contribution in [3.8, 4) is 5.75 Å². The number of ether oxygens (including phenoxy) is 1. The number of carbonyl (C=O) groups excluding carboxylic acids is 1. The third-order valence-corrected chi connectivity index (χ3v) is 8.06. The van der Waals surface area contributed by atoms with E-state index in [9.17, 15) is 17.8 Å². The number of amides is 1. The summed E-state index contributed by atoms with van der Waals surface area (Å²) in [7, 11) is -4.59. The molecule has 0 radical (unpaired) electrons. The molecule has 1 fully saturated rings. The minimum absolute atomic E-state index is 0.0705.